The molecule has 0 heterocycles. The van der Waals surface area contributed by atoms with Gasteiger partial charge in [0.2, 0.25) is 0 Å². The fourth-order valence-corrected chi connectivity index (χ4v) is 2.43. The lowest BCUT2D eigenvalue weighted by molar-refractivity contribution is -0.385. The summed E-state index contributed by atoms with van der Waals surface area (Å²) in [6.45, 7) is 6.04. The Bertz CT molecular complexity index is 516. The van der Waals surface area contributed by atoms with Crippen LogP contribution < -0.4 is 10.1 Å². The van der Waals surface area contributed by atoms with Crippen molar-refractivity contribution in [3.8, 4) is 5.75 Å². The van der Waals surface area contributed by atoms with Gasteiger partial charge in [-0.1, -0.05) is 19.9 Å². The molecule has 110 valence electrons. The number of aliphatic hydroxyl groups is 1. The molecule has 1 saturated carbocycles. The molecule has 0 aliphatic heterocycles. The molecular weight excluding hydrogens is 260 g/mol. The zero-order valence-electron chi connectivity index (χ0n) is 11.9. The van der Waals surface area contributed by atoms with Crippen molar-refractivity contribution >= 4 is 11.4 Å². The number of para-hydroxylation sites is 1. The van der Waals surface area contributed by atoms with Crippen LogP contribution in [0.5, 0.6) is 5.75 Å². The summed E-state index contributed by atoms with van der Waals surface area (Å²) in [5.74, 6) is 0.264. The molecule has 1 fully saturated rings. The van der Waals surface area contributed by atoms with Gasteiger partial charge in [-0.3, -0.25) is 10.1 Å². The van der Waals surface area contributed by atoms with E-state index in [2.05, 4.69) is 5.32 Å². The summed E-state index contributed by atoms with van der Waals surface area (Å²) in [6, 6.07) is 4.99. The molecular formula is C14H20N2O4. The van der Waals surface area contributed by atoms with Crippen molar-refractivity contribution < 1.29 is 14.8 Å². The number of aliphatic hydroxyl groups excluding tert-OH is 1. The van der Waals surface area contributed by atoms with Gasteiger partial charge in [0.1, 0.15) is 5.69 Å². The van der Waals surface area contributed by atoms with E-state index in [1.165, 1.54) is 0 Å². The predicted octanol–water partition coefficient (Wildman–Crippen LogP) is 2.56. The zero-order valence-corrected chi connectivity index (χ0v) is 11.9. The van der Waals surface area contributed by atoms with E-state index in [4.69, 9.17) is 4.74 Å². The topological polar surface area (TPSA) is 84.6 Å². The Morgan fingerprint density at radius 2 is 2.25 bits per heavy atom. The van der Waals surface area contributed by atoms with E-state index in [0.717, 1.165) is 0 Å². The highest BCUT2D eigenvalue weighted by molar-refractivity contribution is 5.69. The highest BCUT2D eigenvalue weighted by Crippen LogP contribution is 2.44. The average Bonchev–Trinajstić information content (AvgIpc) is 2.38. The van der Waals surface area contributed by atoms with E-state index >= 15 is 0 Å². The second kappa shape index (κ2) is 5.28. The average molecular weight is 280 g/mol. The highest BCUT2D eigenvalue weighted by atomic mass is 16.6. The molecule has 0 spiro atoms. The number of hydrogen-bond donors (Lipinski definition) is 2. The van der Waals surface area contributed by atoms with Gasteiger partial charge in [-0.05, 0) is 25.5 Å². The molecule has 1 aromatic rings. The predicted molar refractivity (Wildman–Crippen MR) is 76.1 cm³/mol. The second-order valence-electron chi connectivity index (χ2n) is 5.61. The molecule has 20 heavy (non-hydrogen) atoms. The number of ether oxygens (including phenoxy) is 1. The SMILES string of the molecule is CCOc1cccc(NC2CC(O)C2(C)C)c1[N+](=O)[O-]. The maximum absolute atomic E-state index is 11.3. The van der Waals surface area contributed by atoms with Crippen LogP contribution in [0.4, 0.5) is 11.4 Å². The Hall–Kier alpha value is -1.82. The van der Waals surface area contributed by atoms with Gasteiger partial charge >= 0.3 is 5.69 Å². The first-order valence-corrected chi connectivity index (χ1v) is 6.72. The van der Waals surface area contributed by atoms with Crippen molar-refractivity contribution in [1.82, 2.24) is 0 Å². The Kier molecular flexibility index (Phi) is 3.85. The molecule has 0 radical (unpaired) electrons. The Morgan fingerprint density at radius 3 is 2.75 bits per heavy atom. The Balaban J connectivity index is 2.28. The number of nitrogens with one attached hydrogen (secondary N) is 1. The van der Waals surface area contributed by atoms with Gasteiger partial charge in [0, 0.05) is 11.5 Å². The van der Waals surface area contributed by atoms with Crippen LogP contribution in [0.15, 0.2) is 18.2 Å². The summed E-state index contributed by atoms with van der Waals surface area (Å²) in [7, 11) is 0. The van der Waals surface area contributed by atoms with Gasteiger partial charge in [-0.15, -0.1) is 0 Å². The van der Waals surface area contributed by atoms with E-state index in [1.54, 1.807) is 25.1 Å². The fraction of sp³-hybridized carbons (Fsp3) is 0.571. The number of hydrogen-bond acceptors (Lipinski definition) is 5. The van der Waals surface area contributed by atoms with Crippen LogP contribution in [0, 0.1) is 15.5 Å². The minimum absolute atomic E-state index is 0.00748. The molecule has 2 N–H and O–H groups in total. The molecule has 2 atom stereocenters. The van der Waals surface area contributed by atoms with E-state index in [9.17, 15) is 15.2 Å². The normalized spacial score (nSPS) is 23.8. The van der Waals surface area contributed by atoms with Crippen molar-refractivity contribution in [2.24, 2.45) is 5.41 Å². The number of nitrogens with zero attached hydrogens (tertiary/aromatic N) is 1. The second-order valence-corrected chi connectivity index (χ2v) is 5.61. The van der Waals surface area contributed by atoms with E-state index in [-0.39, 0.29) is 29.0 Å². The van der Waals surface area contributed by atoms with Crippen LogP contribution in [0.3, 0.4) is 0 Å². The van der Waals surface area contributed by atoms with Gasteiger partial charge < -0.3 is 15.2 Å². The quantitative estimate of drug-likeness (QED) is 0.639. The van der Waals surface area contributed by atoms with Crippen molar-refractivity contribution in [3.63, 3.8) is 0 Å². The summed E-state index contributed by atoms with van der Waals surface area (Å²) >= 11 is 0. The molecule has 0 aromatic heterocycles. The van der Waals surface area contributed by atoms with Crippen LogP contribution in [-0.4, -0.2) is 28.8 Å². The molecule has 0 amide bonds. The Morgan fingerprint density at radius 1 is 1.55 bits per heavy atom. The van der Waals surface area contributed by atoms with Crippen LogP contribution in [0.1, 0.15) is 27.2 Å². The van der Waals surface area contributed by atoms with E-state index in [0.29, 0.717) is 18.7 Å². The maximum Gasteiger partial charge on any atom is 0.333 e. The summed E-state index contributed by atoms with van der Waals surface area (Å²) in [6.07, 6.45) is 0.206. The van der Waals surface area contributed by atoms with Gasteiger partial charge in [0.25, 0.3) is 0 Å². The molecule has 2 rings (SSSR count). The molecule has 6 heteroatoms. The largest absolute Gasteiger partial charge is 0.487 e. The molecule has 0 bridgehead atoms. The van der Waals surface area contributed by atoms with E-state index in [1.807, 2.05) is 13.8 Å². The molecule has 1 aliphatic carbocycles. The number of benzene rings is 1. The summed E-state index contributed by atoms with van der Waals surface area (Å²) in [5.41, 5.74) is 0.0904. The lowest BCUT2D eigenvalue weighted by Crippen LogP contribution is -2.56. The first-order chi connectivity index (χ1) is 9.37. The van der Waals surface area contributed by atoms with Crippen molar-refractivity contribution in [2.45, 2.75) is 39.3 Å². The van der Waals surface area contributed by atoms with Crippen LogP contribution in [0.25, 0.3) is 0 Å². The van der Waals surface area contributed by atoms with Gasteiger partial charge in [-0.2, -0.15) is 0 Å². The third kappa shape index (κ3) is 2.43. The number of anilines is 1. The molecule has 2 unspecified atom stereocenters. The first-order valence-electron chi connectivity index (χ1n) is 6.72. The molecule has 0 saturated heterocycles. The lowest BCUT2D eigenvalue weighted by atomic mass is 9.64. The first kappa shape index (κ1) is 14.6. The van der Waals surface area contributed by atoms with Gasteiger partial charge in [0.15, 0.2) is 5.75 Å². The van der Waals surface area contributed by atoms with E-state index < -0.39 is 4.92 Å². The third-order valence-electron chi connectivity index (χ3n) is 4.03. The van der Waals surface area contributed by atoms with Crippen molar-refractivity contribution in [2.75, 3.05) is 11.9 Å². The monoisotopic (exact) mass is 280 g/mol. The smallest absolute Gasteiger partial charge is 0.333 e. The highest BCUT2D eigenvalue weighted by Gasteiger charge is 2.47. The van der Waals surface area contributed by atoms with Gasteiger partial charge in [-0.25, -0.2) is 0 Å². The fourth-order valence-electron chi connectivity index (χ4n) is 2.43. The summed E-state index contributed by atoms with van der Waals surface area (Å²) in [4.78, 5) is 10.8. The van der Waals surface area contributed by atoms with Crippen LogP contribution in [-0.2, 0) is 0 Å². The third-order valence-corrected chi connectivity index (χ3v) is 4.03. The Labute approximate surface area is 117 Å². The minimum Gasteiger partial charge on any atom is -0.487 e. The molecule has 6 nitrogen and oxygen atoms in total. The number of nitro benzene ring substituents is 1. The lowest BCUT2D eigenvalue weighted by Gasteiger charge is -2.49. The van der Waals surface area contributed by atoms with Crippen molar-refractivity contribution in [3.05, 3.63) is 28.3 Å². The van der Waals surface area contributed by atoms with Crippen LogP contribution in [0.2, 0.25) is 0 Å². The molecule has 1 aromatic carbocycles. The maximum atomic E-state index is 11.3. The number of rotatable bonds is 5. The minimum atomic E-state index is -0.435. The van der Waals surface area contributed by atoms with Crippen LogP contribution >= 0.6 is 0 Å². The summed E-state index contributed by atoms with van der Waals surface area (Å²) in [5, 5.41) is 24.2. The van der Waals surface area contributed by atoms with Gasteiger partial charge in [0.05, 0.1) is 17.6 Å². The summed E-state index contributed by atoms with van der Waals surface area (Å²) < 4.78 is 5.31. The zero-order chi connectivity index (χ0) is 14.9. The molecule has 1 aliphatic rings. The van der Waals surface area contributed by atoms with Crippen molar-refractivity contribution in [1.29, 1.82) is 0 Å². The number of nitro groups is 1. The standard InChI is InChI=1S/C14H20N2O4/c1-4-20-10-7-5-6-9(13(10)16(18)19)15-11-8-12(17)14(11,2)3/h5-7,11-12,15,17H,4,8H2,1-3H3.